The maximum Gasteiger partial charge on any atom is 0.265 e. The number of nitrogens with one attached hydrogen (secondary N) is 1. The van der Waals surface area contributed by atoms with Crippen LogP contribution in [0.2, 0.25) is 4.34 Å². The Morgan fingerprint density at radius 2 is 2.07 bits per heavy atom. The Hall–Kier alpha value is -2.05. The number of amides is 2. The van der Waals surface area contributed by atoms with Crippen molar-refractivity contribution >= 4 is 46.1 Å². The van der Waals surface area contributed by atoms with Crippen molar-refractivity contribution in [2.75, 3.05) is 23.4 Å². The van der Waals surface area contributed by atoms with Gasteiger partial charge in [-0.25, -0.2) is 0 Å². The number of hydrogen-bond donors (Lipinski definition) is 1. The number of fused-ring (bicyclic) bond motifs is 1. The van der Waals surface area contributed by atoms with E-state index in [1.807, 2.05) is 13.8 Å². The van der Waals surface area contributed by atoms with Crippen LogP contribution < -0.4 is 15.0 Å². The van der Waals surface area contributed by atoms with Crippen LogP contribution in [-0.4, -0.2) is 25.0 Å². The highest BCUT2D eigenvalue weighted by atomic mass is 35.5. The van der Waals surface area contributed by atoms with Gasteiger partial charge in [-0.15, -0.1) is 11.3 Å². The van der Waals surface area contributed by atoms with Crippen molar-refractivity contribution in [3.63, 3.8) is 0 Å². The van der Waals surface area contributed by atoms with Crippen LogP contribution in [0.3, 0.4) is 0 Å². The summed E-state index contributed by atoms with van der Waals surface area (Å²) in [7, 11) is 0. The number of carbonyl (C=O) groups excluding carboxylic acids is 2. The van der Waals surface area contributed by atoms with Crippen molar-refractivity contribution in [3.8, 4) is 5.75 Å². The maximum atomic E-state index is 13.1. The number of carbonyl (C=O) groups is 2. The van der Waals surface area contributed by atoms with Gasteiger partial charge in [0.15, 0.2) is 0 Å². The van der Waals surface area contributed by atoms with Gasteiger partial charge in [-0.05, 0) is 50.1 Å². The Morgan fingerprint density at radius 1 is 1.33 bits per heavy atom. The monoisotopic (exact) mass is 406 g/mol. The summed E-state index contributed by atoms with van der Waals surface area (Å²) in [5, 5.41) is 2.87. The summed E-state index contributed by atoms with van der Waals surface area (Å²) in [6.45, 7) is 8.80. The van der Waals surface area contributed by atoms with Crippen molar-refractivity contribution < 1.29 is 14.3 Å². The van der Waals surface area contributed by atoms with E-state index in [1.54, 1.807) is 35.2 Å². The second kappa shape index (κ2) is 7.52. The first-order valence-corrected chi connectivity index (χ1v) is 10.0. The molecule has 0 saturated heterocycles. The molecule has 0 unspecified atom stereocenters. The number of thiophene rings is 1. The molecule has 144 valence electrons. The van der Waals surface area contributed by atoms with Crippen LogP contribution in [0.25, 0.3) is 0 Å². The van der Waals surface area contributed by atoms with Crippen LogP contribution in [0.15, 0.2) is 30.3 Å². The Kier molecular flexibility index (Phi) is 5.49. The van der Waals surface area contributed by atoms with E-state index in [-0.39, 0.29) is 11.8 Å². The highest BCUT2D eigenvalue weighted by Crippen LogP contribution is 2.38. The number of ether oxygens (including phenoxy) is 1. The minimum atomic E-state index is -0.620. The van der Waals surface area contributed by atoms with E-state index < -0.39 is 5.41 Å². The molecule has 0 radical (unpaired) electrons. The van der Waals surface area contributed by atoms with Crippen LogP contribution in [0.5, 0.6) is 5.75 Å². The molecule has 0 spiro atoms. The average Bonchev–Trinajstić information content (AvgIpc) is 3.01. The molecule has 2 amide bonds. The minimum absolute atomic E-state index is 0.0171. The van der Waals surface area contributed by atoms with Gasteiger partial charge in [0.25, 0.3) is 5.91 Å². The molecule has 1 aromatic heterocycles. The fraction of sp³-hybridized carbons (Fsp3) is 0.400. The summed E-state index contributed by atoms with van der Waals surface area (Å²) in [5.74, 6) is 0.723. The molecule has 0 atom stereocenters. The highest BCUT2D eigenvalue weighted by Gasteiger charge is 2.38. The van der Waals surface area contributed by atoms with E-state index in [2.05, 4.69) is 19.2 Å². The van der Waals surface area contributed by atoms with E-state index in [0.29, 0.717) is 45.4 Å². The quantitative estimate of drug-likeness (QED) is 0.771. The van der Waals surface area contributed by atoms with Gasteiger partial charge in [0.2, 0.25) is 5.91 Å². The molecule has 0 saturated carbocycles. The molecule has 5 nitrogen and oxygen atoms in total. The fourth-order valence-corrected chi connectivity index (χ4v) is 3.84. The molecule has 1 aromatic carbocycles. The number of nitrogens with zero attached hydrogens (tertiary/aromatic N) is 1. The Bertz CT molecular complexity index is 876. The second-order valence-corrected chi connectivity index (χ2v) is 9.44. The molecule has 1 N–H and O–H groups in total. The Balaban J connectivity index is 1.93. The smallest absolute Gasteiger partial charge is 0.265 e. The van der Waals surface area contributed by atoms with Gasteiger partial charge >= 0.3 is 0 Å². The molecule has 1 aliphatic rings. The predicted octanol–water partition coefficient (Wildman–Crippen LogP) is 5.06. The van der Waals surface area contributed by atoms with Crippen molar-refractivity contribution in [1.29, 1.82) is 0 Å². The predicted molar refractivity (Wildman–Crippen MR) is 110 cm³/mol. The topological polar surface area (TPSA) is 58.6 Å². The van der Waals surface area contributed by atoms with Gasteiger partial charge in [0.1, 0.15) is 12.4 Å². The molecule has 2 heterocycles. The van der Waals surface area contributed by atoms with Gasteiger partial charge < -0.3 is 15.0 Å². The highest BCUT2D eigenvalue weighted by molar-refractivity contribution is 7.18. The third-order valence-corrected chi connectivity index (χ3v) is 5.49. The van der Waals surface area contributed by atoms with Crippen LogP contribution in [-0.2, 0) is 4.79 Å². The largest absolute Gasteiger partial charge is 0.490 e. The zero-order chi connectivity index (χ0) is 19.8. The molecule has 3 rings (SSSR count). The van der Waals surface area contributed by atoms with E-state index in [0.717, 1.165) is 0 Å². The molecule has 1 aliphatic heterocycles. The standard InChI is InChI=1S/C20H23ClN2O3S/c1-12(2)10-23-14-9-13(22-18(24)16-7-8-17(21)27-16)5-6-15(14)26-11-20(3,4)19(23)25/h5-9,12H,10-11H2,1-4H3,(H,22,24). The molecular formula is C20H23ClN2O3S. The molecule has 0 fully saturated rings. The normalized spacial score (nSPS) is 15.9. The van der Waals surface area contributed by atoms with Gasteiger partial charge in [-0.2, -0.15) is 0 Å². The third-order valence-electron chi connectivity index (χ3n) is 4.26. The van der Waals surface area contributed by atoms with E-state index in [4.69, 9.17) is 16.3 Å². The van der Waals surface area contributed by atoms with Crippen LogP contribution in [0.1, 0.15) is 37.4 Å². The van der Waals surface area contributed by atoms with Crippen LogP contribution >= 0.6 is 22.9 Å². The van der Waals surface area contributed by atoms with E-state index in [9.17, 15) is 9.59 Å². The lowest BCUT2D eigenvalue weighted by Crippen LogP contribution is -2.43. The Morgan fingerprint density at radius 3 is 2.70 bits per heavy atom. The van der Waals surface area contributed by atoms with Crippen molar-refractivity contribution in [2.45, 2.75) is 27.7 Å². The van der Waals surface area contributed by atoms with Gasteiger partial charge in [0, 0.05) is 12.2 Å². The van der Waals surface area contributed by atoms with Gasteiger partial charge in [0.05, 0.1) is 20.3 Å². The molecule has 0 aliphatic carbocycles. The lowest BCUT2D eigenvalue weighted by atomic mass is 9.92. The first-order valence-electron chi connectivity index (χ1n) is 8.83. The molecular weight excluding hydrogens is 384 g/mol. The molecule has 2 aromatic rings. The molecule has 0 bridgehead atoms. The SMILES string of the molecule is CC(C)CN1C(=O)C(C)(C)COc2ccc(NC(=O)c3ccc(Cl)s3)cc21. The summed E-state index contributed by atoms with van der Waals surface area (Å²) < 4.78 is 6.46. The van der Waals surface area contributed by atoms with Gasteiger partial charge in [-0.1, -0.05) is 25.4 Å². The molecule has 27 heavy (non-hydrogen) atoms. The number of anilines is 2. The summed E-state index contributed by atoms with van der Waals surface area (Å²) in [5.41, 5.74) is 0.667. The van der Waals surface area contributed by atoms with Gasteiger partial charge in [-0.3, -0.25) is 9.59 Å². The minimum Gasteiger partial charge on any atom is -0.490 e. The summed E-state index contributed by atoms with van der Waals surface area (Å²) in [4.78, 5) is 27.8. The fourth-order valence-electron chi connectivity index (χ4n) is 2.90. The lowest BCUT2D eigenvalue weighted by molar-refractivity contribution is -0.127. The van der Waals surface area contributed by atoms with E-state index in [1.165, 1.54) is 11.3 Å². The number of rotatable bonds is 4. The zero-order valence-electron chi connectivity index (χ0n) is 15.8. The van der Waals surface area contributed by atoms with E-state index >= 15 is 0 Å². The zero-order valence-corrected chi connectivity index (χ0v) is 17.4. The summed E-state index contributed by atoms with van der Waals surface area (Å²) in [6, 6.07) is 8.75. The van der Waals surface area contributed by atoms with Crippen molar-refractivity contribution in [1.82, 2.24) is 0 Å². The summed E-state index contributed by atoms with van der Waals surface area (Å²) >= 11 is 7.13. The number of benzene rings is 1. The number of halogens is 1. The lowest BCUT2D eigenvalue weighted by Gasteiger charge is -2.29. The van der Waals surface area contributed by atoms with Crippen molar-refractivity contribution in [3.05, 3.63) is 39.5 Å². The maximum absolute atomic E-state index is 13.1. The third kappa shape index (κ3) is 4.28. The Labute approximate surface area is 168 Å². The van der Waals surface area contributed by atoms with Crippen molar-refractivity contribution in [2.24, 2.45) is 11.3 Å². The first-order chi connectivity index (χ1) is 12.7. The van der Waals surface area contributed by atoms with Crippen LogP contribution in [0, 0.1) is 11.3 Å². The first kappa shape index (κ1) is 19.7. The van der Waals surface area contributed by atoms with Crippen LogP contribution in [0.4, 0.5) is 11.4 Å². The molecule has 7 heteroatoms. The number of hydrogen-bond acceptors (Lipinski definition) is 4. The summed E-state index contributed by atoms with van der Waals surface area (Å²) in [6.07, 6.45) is 0. The average molecular weight is 407 g/mol. The second-order valence-electron chi connectivity index (χ2n) is 7.72.